The Balaban J connectivity index is 0.00000312. The van der Waals surface area contributed by atoms with Gasteiger partial charge in [-0.3, -0.25) is 4.79 Å². The number of piperazine rings is 1. The Hall–Kier alpha value is -1.31. The van der Waals surface area contributed by atoms with Crippen LogP contribution >= 0.6 is 12.4 Å². The lowest BCUT2D eigenvalue weighted by Crippen LogP contribution is -2.58. The zero-order chi connectivity index (χ0) is 17.9. The van der Waals surface area contributed by atoms with Crippen LogP contribution in [0.15, 0.2) is 29.2 Å². The Bertz CT molecular complexity index is 678. The first-order valence-corrected chi connectivity index (χ1v) is 9.82. The van der Waals surface area contributed by atoms with E-state index in [2.05, 4.69) is 5.32 Å². The Morgan fingerprint density at radius 2 is 1.92 bits per heavy atom. The van der Waals surface area contributed by atoms with Crippen LogP contribution in [0.25, 0.3) is 0 Å². The van der Waals surface area contributed by atoms with Crippen LogP contribution in [0.5, 0.6) is 5.75 Å². The average molecular weight is 391 g/mol. The van der Waals surface area contributed by atoms with Crippen LogP contribution in [0.3, 0.4) is 0 Å². The van der Waals surface area contributed by atoms with Gasteiger partial charge in [-0.1, -0.05) is 6.92 Å². The molecular weight excluding hydrogens is 364 g/mol. The van der Waals surface area contributed by atoms with Crippen LogP contribution in [-0.4, -0.2) is 57.3 Å². The van der Waals surface area contributed by atoms with Gasteiger partial charge in [-0.05, 0) is 38.1 Å². The smallest absolute Gasteiger partial charge is 0.226 e. The molecule has 142 valence electrons. The molecule has 0 bridgehead atoms. The van der Waals surface area contributed by atoms with E-state index >= 15 is 0 Å². The number of sulfone groups is 1. The number of carbonyl (C=O) groups is 1. The number of nitrogens with one attached hydrogen (secondary N) is 1. The highest BCUT2D eigenvalue weighted by Crippen LogP contribution is 2.20. The van der Waals surface area contributed by atoms with Crippen LogP contribution in [-0.2, 0) is 14.6 Å². The van der Waals surface area contributed by atoms with Gasteiger partial charge in [0, 0.05) is 31.1 Å². The van der Waals surface area contributed by atoms with Gasteiger partial charge in [0.15, 0.2) is 9.84 Å². The number of rotatable bonds is 5. The van der Waals surface area contributed by atoms with Crippen molar-refractivity contribution in [3.05, 3.63) is 24.3 Å². The molecule has 1 saturated heterocycles. The van der Waals surface area contributed by atoms with Crippen molar-refractivity contribution in [3.63, 3.8) is 0 Å². The van der Waals surface area contributed by atoms with E-state index in [4.69, 9.17) is 4.74 Å². The summed E-state index contributed by atoms with van der Waals surface area (Å²) in [6.45, 7) is 7.04. The van der Waals surface area contributed by atoms with Gasteiger partial charge in [0.2, 0.25) is 5.91 Å². The Morgan fingerprint density at radius 3 is 2.48 bits per heavy atom. The zero-order valence-electron chi connectivity index (χ0n) is 15.1. The highest BCUT2D eigenvalue weighted by atomic mass is 35.5. The monoisotopic (exact) mass is 390 g/mol. The molecule has 1 aliphatic heterocycles. The van der Waals surface area contributed by atoms with Crippen molar-refractivity contribution in [2.24, 2.45) is 5.92 Å². The van der Waals surface area contributed by atoms with Crippen molar-refractivity contribution in [1.82, 2.24) is 10.2 Å². The van der Waals surface area contributed by atoms with Crippen molar-refractivity contribution < 1.29 is 17.9 Å². The maximum absolute atomic E-state index is 12.7. The minimum atomic E-state index is -3.52. The van der Waals surface area contributed by atoms with E-state index < -0.39 is 15.8 Å². The first-order valence-electron chi connectivity index (χ1n) is 8.17. The standard InChI is InChI=1S/C17H26N2O4S.ClH/c1-12(17(20)19-10-9-18-13(2)14(19)3)11-24(21,22)16-7-5-15(23-4)6-8-16;/h5-8,12-14,18H,9-11H2,1-4H3;1H. The summed E-state index contributed by atoms with van der Waals surface area (Å²) in [6.07, 6.45) is 0. The predicted molar refractivity (Wildman–Crippen MR) is 100 cm³/mol. The minimum Gasteiger partial charge on any atom is -0.497 e. The molecule has 3 atom stereocenters. The minimum absolute atomic E-state index is 0. The number of carbonyl (C=O) groups excluding carboxylic acids is 1. The summed E-state index contributed by atoms with van der Waals surface area (Å²) in [5.41, 5.74) is 0. The topological polar surface area (TPSA) is 75.7 Å². The number of halogens is 1. The lowest BCUT2D eigenvalue weighted by atomic mass is 10.0. The van der Waals surface area contributed by atoms with E-state index in [9.17, 15) is 13.2 Å². The molecule has 1 amide bonds. The molecule has 6 nitrogen and oxygen atoms in total. The largest absolute Gasteiger partial charge is 0.497 e. The zero-order valence-corrected chi connectivity index (χ0v) is 16.7. The average Bonchev–Trinajstić information content (AvgIpc) is 2.56. The fraction of sp³-hybridized carbons (Fsp3) is 0.588. The van der Waals surface area contributed by atoms with Crippen molar-refractivity contribution in [3.8, 4) is 5.75 Å². The SMILES string of the molecule is COc1ccc(S(=O)(=O)CC(C)C(=O)N2CCNC(C)C2C)cc1.Cl. The van der Waals surface area contributed by atoms with Gasteiger partial charge in [0.05, 0.1) is 17.8 Å². The van der Waals surface area contributed by atoms with Gasteiger partial charge in [-0.2, -0.15) is 0 Å². The third kappa shape index (κ3) is 5.09. The predicted octanol–water partition coefficient (Wildman–Crippen LogP) is 1.74. The van der Waals surface area contributed by atoms with Crippen LogP contribution in [0.2, 0.25) is 0 Å². The molecule has 1 aromatic rings. The first-order chi connectivity index (χ1) is 11.3. The Labute approximate surface area is 156 Å². The molecule has 25 heavy (non-hydrogen) atoms. The normalized spacial score (nSPS) is 22.0. The summed E-state index contributed by atoms with van der Waals surface area (Å²) in [5.74, 6) is -0.275. The highest BCUT2D eigenvalue weighted by Gasteiger charge is 2.32. The van der Waals surface area contributed by atoms with E-state index in [1.54, 1.807) is 24.0 Å². The summed E-state index contributed by atoms with van der Waals surface area (Å²) in [6, 6.07) is 6.51. The number of benzene rings is 1. The molecule has 2 rings (SSSR count). The molecule has 0 spiro atoms. The van der Waals surface area contributed by atoms with Crippen LogP contribution in [0, 0.1) is 5.92 Å². The van der Waals surface area contributed by atoms with Crippen LogP contribution in [0.4, 0.5) is 0 Å². The number of hydrogen-bond donors (Lipinski definition) is 1. The number of nitrogens with zero attached hydrogens (tertiary/aromatic N) is 1. The number of hydrogen-bond acceptors (Lipinski definition) is 5. The summed E-state index contributed by atoms with van der Waals surface area (Å²) in [7, 11) is -1.99. The molecule has 0 radical (unpaired) electrons. The number of amides is 1. The summed E-state index contributed by atoms with van der Waals surface area (Å²) in [4.78, 5) is 14.7. The third-order valence-electron chi connectivity index (χ3n) is 4.63. The second kappa shape index (κ2) is 8.87. The Kier molecular flexibility index (Phi) is 7.71. The van der Waals surface area contributed by atoms with Gasteiger partial charge >= 0.3 is 0 Å². The van der Waals surface area contributed by atoms with Crippen molar-refractivity contribution in [2.45, 2.75) is 37.8 Å². The quantitative estimate of drug-likeness (QED) is 0.828. The van der Waals surface area contributed by atoms with Crippen molar-refractivity contribution in [1.29, 1.82) is 0 Å². The van der Waals surface area contributed by atoms with Crippen LogP contribution in [0.1, 0.15) is 20.8 Å². The summed E-state index contributed by atoms with van der Waals surface area (Å²) < 4.78 is 30.1. The molecular formula is C17H27ClN2O4S. The number of ether oxygens (including phenoxy) is 1. The molecule has 1 aliphatic rings. The fourth-order valence-corrected chi connectivity index (χ4v) is 4.47. The first kappa shape index (κ1) is 21.7. The molecule has 0 saturated carbocycles. The molecule has 1 aromatic carbocycles. The molecule has 8 heteroatoms. The highest BCUT2D eigenvalue weighted by molar-refractivity contribution is 7.91. The second-order valence-corrected chi connectivity index (χ2v) is 8.41. The summed E-state index contributed by atoms with van der Waals surface area (Å²) in [5, 5.41) is 3.32. The fourth-order valence-electron chi connectivity index (χ4n) is 2.93. The molecule has 0 aliphatic carbocycles. The van der Waals surface area contributed by atoms with Gasteiger partial charge < -0.3 is 15.0 Å². The van der Waals surface area contributed by atoms with Gasteiger partial charge in [0.25, 0.3) is 0 Å². The maximum Gasteiger partial charge on any atom is 0.226 e. The summed E-state index contributed by atoms with van der Waals surface area (Å²) >= 11 is 0. The maximum atomic E-state index is 12.7. The van der Waals surface area contributed by atoms with E-state index in [1.807, 2.05) is 13.8 Å². The molecule has 1 fully saturated rings. The molecule has 1 heterocycles. The van der Waals surface area contributed by atoms with Gasteiger partial charge in [-0.25, -0.2) is 8.42 Å². The second-order valence-electron chi connectivity index (χ2n) is 6.37. The molecule has 0 aromatic heterocycles. The van der Waals surface area contributed by atoms with E-state index in [0.29, 0.717) is 12.3 Å². The van der Waals surface area contributed by atoms with E-state index in [-0.39, 0.29) is 41.0 Å². The third-order valence-corrected chi connectivity index (χ3v) is 6.56. The van der Waals surface area contributed by atoms with Crippen LogP contribution < -0.4 is 10.1 Å². The Morgan fingerprint density at radius 1 is 1.32 bits per heavy atom. The molecule has 3 unspecified atom stereocenters. The molecule has 1 N–H and O–H groups in total. The van der Waals surface area contributed by atoms with E-state index in [0.717, 1.165) is 6.54 Å². The number of methoxy groups -OCH3 is 1. The van der Waals surface area contributed by atoms with Crippen molar-refractivity contribution >= 4 is 28.2 Å². The van der Waals surface area contributed by atoms with Crippen molar-refractivity contribution in [2.75, 3.05) is 26.0 Å². The van der Waals surface area contributed by atoms with E-state index in [1.165, 1.54) is 19.2 Å². The van der Waals surface area contributed by atoms with Gasteiger partial charge in [-0.15, -0.1) is 12.4 Å². The lowest BCUT2D eigenvalue weighted by Gasteiger charge is -2.39. The van der Waals surface area contributed by atoms with Gasteiger partial charge in [0.1, 0.15) is 5.75 Å². The lowest BCUT2D eigenvalue weighted by molar-refractivity contribution is -0.138.